The highest BCUT2D eigenvalue weighted by atomic mass is 19.4. The summed E-state index contributed by atoms with van der Waals surface area (Å²) in [6, 6.07) is 16.8. The van der Waals surface area contributed by atoms with Crippen LogP contribution in [0.25, 0.3) is 22.3 Å². The molecule has 4 aromatic rings. The fourth-order valence-electron chi connectivity index (χ4n) is 6.69. The fourth-order valence-corrected chi connectivity index (χ4v) is 6.69. The molecule has 0 radical (unpaired) electrons. The van der Waals surface area contributed by atoms with E-state index >= 15 is 0 Å². The topological polar surface area (TPSA) is 71.1 Å². The van der Waals surface area contributed by atoms with Crippen LogP contribution in [0.2, 0.25) is 0 Å². The molecule has 0 heterocycles. The molecule has 0 spiro atoms. The monoisotopic (exact) mass is 958 g/mol. The average molecular weight is 959 g/mol. The van der Waals surface area contributed by atoms with E-state index in [0.29, 0.717) is 55.1 Å². The second-order valence-corrected chi connectivity index (χ2v) is 16.0. The van der Waals surface area contributed by atoms with Gasteiger partial charge < -0.3 is 18.9 Å². The van der Waals surface area contributed by atoms with Gasteiger partial charge in [0.2, 0.25) is 0 Å². The minimum atomic E-state index is -4.79. The van der Waals surface area contributed by atoms with E-state index in [2.05, 4.69) is 23.3 Å². The first kappa shape index (κ1) is 56.0. The number of rotatable bonds is 25. The summed E-state index contributed by atoms with van der Waals surface area (Å²) in [6.07, 6.45) is -4.69. The molecule has 4 rings (SSSR count). The molecular formula is C51H60F10O6. The molecule has 6 nitrogen and oxygen atoms in total. The second-order valence-electron chi connectivity index (χ2n) is 16.0. The van der Waals surface area contributed by atoms with E-state index in [4.69, 9.17) is 9.47 Å². The van der Waals surface area contributed by atoms with E-state index in [9.17, 15) is 53.5 Å². The Hall–Kier alpha value is -5.28. The summed E-state index contributed by atoms with van der Waals surface area (Å²) in [5.74, 6) is -7.70. The molecule has 0 aromatic heterocycles. The molecule has 0 saturated heterocycles. The van der Waals surface area contributed by atoms with Gasteiger partial charge in [0.25, 0.3) is 0 Å². The van der Waals surface area contributed by atoms with Crippen LogP contribution < -0.4 is 9.47 Å². The van der Waals surface area contributed by atoms with E-state index < -0.39 is 83.7 Å². The van der Waals surface area contributed by atoms with Crippen LogP contribution in [0.5, 0.6) is 11.5 Å². The molecule has 4 aromatic carbocycles. The number of esters is 2. The van der Waals surface area contributed by atoms with Crippen molar-refractivity contribution in [2.75, 3.05) is 13.2 Å². The number of unbranched alkanes of at least 4 members (excludes halogenated alkanes) is 9. The summed E-state index contributed by atoms with van der Waals surface area (Å²) in [5, 5.41) is 0. The van der Waals surface area contributed by atoms with Crippen molar-refractivity contribution < 1.29 is 72.4 Å². The Balaban J connectivity index is 0.000000355. The number of hydrogen-bond donors (Lipinski definition) is 0. The normalized spacial score (nSPS) is 12.4. The van der Waals surface area contributed by atoms with Gasteiger partial charge in [-0.2, -0.15) is 26.3 Å². The van der Waals surface area contributed by atoms with E-state index in [-0.39, 0.29) is 24.0 Å². The Bertz CT molecular complexity index is 2100. The van der Waals surface area contributed by atoms with E-state index in [1.165, 1.54) is 0 Å². The van der Waals surface area contributed by atoms with Gasteiger partial charge in [-0.15, -0.1) is 0 Å². The van der Waals surface area contributed by atoms with Crippen molar-refractivity contribution in [2.24, 2.45) is 0 Å². The molecule has 0 aliphatic heterocycles. The number of alkyl halides is 6. The number of benzene rings is 4. The largest absolute Gasteiger partial charge is 0.494 e. The highest BCUT2D eigenvalue weighted by Gasteiger charge is 2.44. The Morgan fingerprint density at radius 1 is 0.433 bits per heavy atom. The Morgan fingerprint density at radius 2 is 0.776 bits per heavy atom. The minimum absolute atomic E-state index is 0.126. The molecule has 0 aliphatic carbocycles. The van der Waals surface area contributed by atoms with Crippen molar-refractivity contribution in [3.05, 3.63) is 107 Å². The molecule has 0 saturated carbocycles. The van der Waals surface area contributed by atoms with Crippen LogP contribution in [0.4, 0.5) is 43.9 Å². The van der Waals surface area contributed by atoms with Crippen molar-refractivity contribution in [2.45, 2.75) is 149 Å². The summed E-state index contributed by atoms with van der Waals surface area (Å²) in [7, 11) is 0. The van der Waals surface area contributed by atoms with Gasteiger partial charge >= 0.3 is 24.3 Å². The van der Waals surface area contributed by atoms with Crippen molar-refractivity contribution in [1.29, 1.82) is 0 Å². The van der Waals surface area contributed by atoms with Gasteiger partial charge in [0.1, 0.15) is 11.5 Å². The first-order chi connectivity index (χ1) is 31.9. The predicted octanol–water partition coefficient (Wildman–Crippen LogP) is 16.1. The first-order valence-corrected chi connectivity index (χ1v) is 22.8. The minimum Gasteiger partial charge on any atom is -0.494 e. The number of halogens is 10. The quantitative estimate of drug-likeness (QED) is 0.0374. The zero-order chi connectivity index (χ0) is 49.6. The lowest BCUT2D eigenvalue weighted by molar-refractivity contribution is -0.206. The lowest BCUT2D eigenvalue weighted by atomic mass is 10.0. The van der Waals surface area contributed by atoms with Crippen LogP contribution in [0.15, 0.2) is 72.8 Å². The van der Waals surface area contributed by atoms with Gasteiger partial charge in [-0.05, 0) is 86.1 Å². The van der Waals surface area contributed by atoms with Crippen LogP contribution in [-0.2, 0) is 9.47 Å². The first-order valence-electron chi connectivity index (χ1n) is 22.8. The van der Waals surface area contributed by atoms with Crippen LogP contribution in [-0.4, -0.2) is 49.7 Å². The molecule has 2 atom stereocenters. The zero-order valence-electron chi connectivity index (χ0n) is 38.3. The molecule has 0 bridgehead atoms. The molecule has 0 aliphatic rings. The van der Waals surface area contributed by atoms with Crippen LogP contribution >= 0.6 is 0 Å². The van der Waals surface area contributed by atoms with Gasteiger partial charge in [-0.1, -0.05) is 122 Å². The average Bonchev–Trinajstić information content (AvgIpc) is 3.29. The third kappa shape index (κ3) is 18.0. The molecule has 67 heavy (non-hydrogen) atoms. The summed E-state index contributed by atoms with van der Waals surface area (Å²) >= 11 is 0. The summed E-state index contributed by atoms with van der Waals surface area (Å²) in [4.78, 5) is 24.4. The second kappa shape index (κ2) is 28.1. The maximum atomic E-state index is 14.7. The number of hydrogen-bond acceptors (Lipinski definition) is 6. The van der Waals surface area contributed by atoms with Crippen molar-refractivity contribution >= 4 is 11.9 Å². The Labute approximate surface area is 386 Å². The zero-order valence-corrected chi connectivity index (χ0v) is 38.3. The summed E-state index contributed by atoms with van der Waals surface area (Å²) < 4.78 is 158. The third-order valence-electron chi connectivity index (χ3n) is 10.6. The van der Waals surface area contributed by atoms with Crippen molar-refractivity contribution in [3.63, 3.8) is 0 Å². The summed E-state index contributed by atoms with van der Waals surface area (Å²) in [6.45, 7) is 8.85. The smallest absolute Gasteiger partial charge is 0.425 e. The van der Waals surface area contributed by atoms with Crippen LogP contribution in [0.3, 0.4) is 0 Å². The van der Waals surface area contributed by atoms with Gasteiger partial charge in [0.15, 0.2) is 35.5 Å². The fraction of sp³-hybridized carbons (Fsp3) is 0.490. The maximum absolute atomic E-state index is 14.7. The molecule has 16 heteroatoms. The number of ether oxygens (including phenoxy) is 4. The van der Waals surface area contributed by atoms with Crippen LogP contribution in [0.1, 0.15) is 145 Å². The van der Waals surface area contributed by atoms with Gasteiger partial charge in [-0.3, -0.25) is 0 Å². The molecule has 0 N–H and O–H groups in total. The number of carbonyl (C=O) groups is 2. The Morgan fingerprint density at radius 3 is 1.12 bits per heavy atom. The predicted molar refractivity (Wildman–Crippen MR) is 237 cm³/mol. The third-order valence-corrected chi connectivity index (χ3v) is 10.6. The Kier molecular flexibility index (Phi) is 23.5. The molecule has 0 fully saturated rings. The lowest BCUT2D eigenvalue weighted by Crippen LogP contribution is -2.34. The molecule has 0 amide bonds. The standard InChI is InChI=1S/C26H31F5O3.C25H29F5O3/c1-3-5-7-9-17-33-19-13-11-18(12-14-19)20-15-16-21(24(28)23(20)27)25(32)34-22(26(29,30)31)10-8-6-4-2;1-3-5-7-8-16-32-18-12-10-17(11-13-18)19-14-15-20(23(27)22(19)26)24(31)33-21(9-6-4-2)25(28,29)30/h11-16,22H,3-10,17H2,1-2H3;10-15,21H,3-9,16H2,1-2H3. The van der Waals surface area contributed by atoms with Crippen molar-refractivity contribution in [1.82, 2.24) is 0 Å². The summed E-state index contributed by atoms with van der Waals surface area (Å²) in [5.41, 5.74) is -1.34. The van der Waals surface area contributed by atoms with E-state index in [1.54, 1.807) is 55.5 Å². The number of carbonyl (C=O) groups excluding carboxylic acids is 2. The molecular weight excluding hydrogens is 899 g/mol. The van der Waals surface area contributed by atoms with Gasteiger partial charge in [-0.25, -0.2) is 27.2 Å². The molecule has 370 valence electrons. The van der Waals surface area contributed by atoms with Gasteiger partial charge in [0, 0.05) is 11.1 Å². The highest BCUT2D eigenvalue weighted by molar-refractivity contribution is 5.91. The maximum Gasteiger partial charge on any atom is 0.425 e. The van der Waals surface area contributed by atoms with E-state index in [1.807, 2.05) is 6.92 Å². The highest BCUT2D eigenvalue weighted by Crippen LogP contribution is 2.33. The molecule has 2 unspecified atom stereocenters. The van der Waals surface area contributed by atoms with Crippen molar-refractivity contribution in [3.8, 4) is 33.8 Å². The van der Waals surface area contributed by atoms with Gasteiger partial charge in [0.05, 0.1) is 24.3 Å². The lowest BCUT2D eigenvalue weighted by Gasteiger charge is -2.21. The van der Waals surface area contributed by atoms with Crippen LogP contribution in [0, 0.1) is 23.3 Å². The SMILES string of the molecule is CCCCCCOc1ccc(-c2ccc(C(=O)OC(CCCC)C(F)(F)F)c(F)c2F)cc1.CCCCCCOc1ccc(-c2ccc(C(=O)OC(CCCCC)C(F)(F)F)c(F)c2F)cc1. The van der Waals surface area contributed by atoms with E-state index in [0.717, 1.165) is 75.6 Å².